The molecule has 0 atom stereocenters. The van der Waals surface area contributed by atoms with Crippen molar-refractivity contribution >= 4 is 11.7 Å². The molecule has 0 bridgehead atoms. The standard InChI is InChI=1S/C20H21N3O2/c1-22(2)18-10-8-16(9-11-18)19-21-12-13-23(19)14-15-4-6-17(7-5-15)20(24)25-3/h4-13H,14H2,1-3H3. The van der Waals surface area contributed by atoms with Gasteiger partial charge in [0.15, 0.2) is 0 Å². The lowest BCUT2D eigenvalue weighted by Gasteiger charge is -2.13. The molecule has 0 unspecified atom stereocenters. The van der Waals surface area contributed by atoms with Gasteiger partial charge in [0, 0.05) is 44.3 Å². The van der Waals surface area contributed by atoms with Crippen LogP contribution < -0.4 is 4.90 Å². The fourth-order valence-corrected chi connectivity index (χ4v) is 2.67. The van der Waals surface area contributed by atoms with Gasteiger partial charge in [0.1, 0.15) is 5.82 Å². The summed E-state index contributed by atoms with van der Waals surface area (Å²) in [6.07, 6.45) is 3.77. The molecule has 1 aromatic heterocycles. The van der Waals surface area contributed by atoms with Crippen LogP contribution in [0, 0.1) is 0 Å². The minimum absolute atomic E-state index is 0.323. The van der Waals surface area contributed by atoms with E-state index in [2.05, 4.69) is 38.7 Å². The SMILES string of the molecule is COC(=O)c1ccc(Cn2ccnc2-c2ccc(N(C)C)cc2)cc1. The largest absolute Gasteiger partial charge is 0.465 e. The van der Waals surface area contributed by atoms with Gasteiger partial charge in [-0.15, -0.1) is 0 Å². The van der Waals surface area contributed by atoms with Crippen molar-refractivity contribution in [1.29, 1.82) is 0 Å². The number of ether oxygens (including phenoxy) is 1. The molecular formula is C20H21N3O2. The number of carbonyl (C=O) groups is 1. The summed E-state index contributed by atoms with van der Waals surface area (Å²) in [5.41, 5.74) is 3.87. The maximum Gasteiger partial charge on any atom is 0.337 e. The first-order chi connectivity index (χ1) is 12.1. The van der Waals surface area contributed by atoms with Crippen LogP contribution in [0.2, 0.25) is 0 Å². The van der Waals surface area contributed by atoms with Crippen LogP contribution in [0.5, 0.6) is 0 Å². The predicted octanol–water partition coefficient (Wildman–Crippen LogP) is 3.45. The van der Waals surface area contributed by atoms with Crippen molar-refractivity contribution in [3.05, 3.63) is 72.1 Å². The van der Waals surface area contributed by atoms with Crippen molar-refractivity contribution in [2.75, 3.05) is 26.1 Å². The highest BCUT2D eigenvalue weighted by Crippen LogP contribution is 2.22. The monoisotopic (exact) mass is 335 g/mol. The Hall–Kier alpha value is -3.08. The lowest BCUT2D eigenvalue weighted by Crippen LogP contribution is -2.08. The zero-order chi connectivity index (χ0) is 17.8. The smallest absolute Gasteiger partial charge is 0.337 e. The van der Waals surface area contributed by atoms with Gasteiger partial charge < -0.3 is 14.2 Å². The van der Waals surface area contributed by atoms with Crippen LogP contribution in [0.4, 0.5) is 5.69 Å². The molecule has 0 aliphatic heterocycles. The van der Waals surface area contributed by atoms with Gasteiger partial charge in [-0.1, -0.05) is 12.1 Å². The number of carbonyl (C=O) groups excluding carboxylic acids is 1. The summed E-state index contributed by atoms with van der Waals surface area (Å²) >= 11 is 0. The van der Waals surface area contributed by atoms with Gasteiger partial charge in [-0.2, -0.15) is 0 Å². The number of hydrogen-bond acceptors (Lipinski definition) is 4. The molecule has 25 heavy (non-hydrogen) atoms. The van der Waals surface area contributed by atoms with E-state index in [0.29, 0.717) is 12.1 Å². The molecule has 5 nitrogen and oxygen atoms in total. The second kappa shape index (κ2) is 7.21. The van der Waals surface area contributed by atoms with Crippen LogP contribution >= 0.6 is 0 Å². The second-order valence-electron chi connectivity index (χ2n) is 6.01. The molecule has 0 aliphatic rings. The Bertz CT molecular complexity index is 849. The van der Waals surface area contributed by atoms with E-state index in [-0.39, 0.29) is 5.97 Å². The zero-order valence-corrected chi connectivity index (χ0v) is 14.6. The second-order valence-corrected chi connectivity index (χ2v) is 6.01. The summed E-state index contributed by atoms with van der Waals surface area (Å²) in [7, 11) is 5.43. The van der Waals surface area contributed by atoms with Crippen molar-refractivity contribution in [3.8, 4) is 11.4 Å². The van der Waals surface area contributed by atoms with Crippen LogP contribution in [0.1, 0.15) is 15.9 Å². The number of aromatic nitrogens is 2. The van der Waals surface area contributed by atoms with Crippen molar-refractivity contribution in [1.82, 2.24) is 9.55 Å². The Morgan fingerprint density at radius 3 is 2.36 bits per heavy atom. The predicted molar refractivity (Wildman–Crippen MR) is 98.9 cm³/mol. The summed E-state index contributed by atoms with van der Waals surface area (Å²) in [4.78, 5) is 18.1. The molecule has 0 spiro atoms. The Morgan fingerprint density at radius 2 is 1.76 bits per heavy atom. The molecule has 2 aromatic carbocycles. The molecule has 0 aliphatic carbocycles. The third kappa shape index (κ3) is 3.71. The molecule has 0 saturated carbocycles. The van der Waals surface area contributed by atoms with Crippen molar-refractivity contribution in [2.24, 2.45) is 0 Å². The Labute approximate surface area is 147 Å². The number of anilines is 1. The highest BCUT2D eigenvalue weighted by molar-refractivity contribution is 5.89. The Morgan fingerprint density at radius 1 is 1.08 bits per heavy atom. The summed E-state index contributed by atoms with van der Waals surface area (Å²) in [5.74, 6) is 0.596. The molecule has 5 heteroatoms. The lowest BCUT2D eigenvalue weighted by molar-refractivity contribution is 0.0600. The van der Waals surface area contributed by atoms with E-state index in [1.807, 2.05) is 32.4 Å². The van der Waals surface area contributed by atoms with Crippen molar-refractivity contribution in [3.63, 3.8) is 0 Å². The van der Waals surface area contributed by atoms with E-state index in [1.54, 1.807) is 18.3 Å². The van der Waals surface area contributed by atoms with Gasteiger partial charge in [-0.3, -0.25) is 0 Å². The third-order valence-corrected chi connectivity index (χ3v) is 4.09. The molecule has 0 amide bonds. The van der Waals surface area contributed by atoms with Crippen LogP contribution in [0.25, 0.3) is 11.4 Å². The number of imidazole rings is 1. The summed E-state index contributed by atoms with van der Waals surface area (Å²) in [6.45, 7) is 0.687. The molecule has 0 radical (unpaired) electrons. The number of esters is 1. The van der Waals surface area contributed by atoms with Crippen LogP contribution in [0.15, 0.2) is 60.9 Å². The van der Waals surface area contributed by atoms with Gasteiger partial charge in [-0.05, 0) is 42.0 Å². The Kier molecular flexibility index (Phi) is 4.84. The van der Waals surface area contributed by atoms with Crippen molar-refractivity contribution < 1.29 is 9.53 Å². The number of benzene rings is 2. The van der Waals surface area contributed by atoms with Crippen LogP contribution in [0.3, 0.4) is 0 Å². The molecule has 1 heterocycles. The summed E-state index contributed by atoms with van der Waals surface area (Å²) in [6, 6.07) is 15.8. The van der Waals surface area contributed by atoms with E-state index in [1.165, 1.54) is 7.11 Å². The fourth-order valence-electron chi connectivity index (χ4n) is 2.67. The number of hydrogen-bond donors (Lipinski definition) is 0. The van der Waals surface area contributed by atoms with E-state index < -0.39 is 0 Å². The number of nitrogens with zero attached hydrogens (tertiary/aromatic N) is 3. The first-order valence-electron chi connectivity index (χ1n) is 8.04. The minimum atomic E-state index is -0.323. The van der Waals surface area contributed by atoms with Crippen molar-refractivity contribution in [2.45, 2.75) is 6.54 Å². The maximum absolute atomic E-state index is 11.5. The fraction of sp³-hybridized carbons (Fsp3) is 0.200. The average molecular weight is 335 g/mol. The third-order valence-electron chi connectivity index (χ3n) is 4.09. The van der Waals surface area contributed by atoms with Gasteiger partial charge in [0.2, 0.25) is 0 Å². The van der Waals surface area contributed by atoms with E-state index >= 15 is 0 Å². The number of rotatable bonds is 5. The van der Waals surface area contributed by atoms with Gasteiger partial charge in [0.05, 0.1) is 12.7 Å². The quantitative estimate of drug-likeness (QED) is 0.670. The highest BCUT2D eigenvalue weighted by Gasteiger charge is 2.08. The molecular weight excluding hydrogens is 314 g/mol. The van der Waals surface area contributed by atoms with Crippen LogP contribution in [-0.2, 0) is 11.3 Å². The highest BCUT2D eigenvalue weighted by atomic mass is 16.5. The van der Waals surface area contributed by atoms with Crippen LogP contribution in [-0.4, -0.2) is 36.7 Å². The normalized spacial score (nSPS) is 10.5. The summed E-state index contributed by atoms with van der Waals surface area (Å²) in [5, 5.41) is 0. The van der Waals surface area contributed by atoms with Gasteiger partial charge >= 0.3 is 5.97 Å². The zero-order valence-electron chi connectivity index (χ0n) is 14.6. The van der Waals surface area contributed by atoms with E-state index in [0.717, 1.165) is 22.6 Å². The minimum Gasteiger partial charge on any atom is -0.465 e. The Balaban J connectivity index is 1.81. The van der Waals surface area contributed by atoms with E-state index in [4.69, 9.17) is 4.74 Å². The van der Waals surface area contributed by atoms with Gasteiger partial charge in [0.25, 0.3) is 0 Å². The molecule has 3 rings (SSSR count). The molecule has 0 fully saturated rings. The summed E-state index contributed by atoms with van der Waals surface area (Å²) < 4.78 is 6.82. The van der Waals surface area contributed by atoms with E-state index in [9.17, 15) is 4.79 Å². The topological polar surface area (TPSA) is 47.4 Å². The first kappa shape index (κ1) is 16.8. The lowest BCUT2D eigenvalue weighted by atomic mass is 10.1. The maximum atomic E-state index is 11.5. The average Bonchev–Trinajstić information content (AvgIpc) is 3.10. The molecule has 128 valence electrons. The number of methoxy groups -OCH3 is 1. The first-order valence-corrected chi connectivity index (χ1v) is 8.04. The molecule has 3 aromatic rings. The van der Waals surface area contributed by atoms with Gasteiger partial charge in [-0.25, -0.2) is 9.78 Å². The molecule has 0 saturated heterocycles. The molecule has 0 N–H and O–H groups in total.